The molecule has 1 aliphatic rings. The molecule has 2 aromatic rings. The molecule has 1 saturated carbocycles. The minimum absolute atomic E-state index is 0.0220. The van der Waals surface area contributed by atoms with Crippen LogP contribution in [-0.4, -0.2) is 43.0 Å². The third-order valence-corrected chi connectivity index (χ3v) is 5.51. The number of methoxy groups -OCH3 is 1. The summed E-state index contributed by atoms with van der Waals surface area (Å²) in [5.74, 6) is 0.921. The maximum Gasteiger partial charge on any atom is 0.253 e. The number of ether oxygens (including phenoxy) is 1. The third kappa shape index (κ3) is 4.53. The fourth-order valence-electron chi connectivity index (χ4n) is 3.73. The summed E-state index contributed by atoms with van der Waals surface area (Å²) in [5.41, 5.74) is 2.82. The average Bonchev–Trinajstić information content (AvgIpc) is 3.21. The van der Waals surface area contributed by atoms with Crippen LogP contribution in [0.3, 0.4) is 0 Å². The van der Waals surface area contributed by atoms with E-state index in [-0.39, 0.29) is 23.9 Å². The van der Waals surface area contributed by atoms with Crippen LogP contribution in [0.5, 0.6) is 5.75 Å². The van der Waals surface area contributed by atoms with E-state index >= 15 is 0 Å². The normalized spacial score (nSPS) is 18.5. The number of hydrogen-bond acceptors (Lipinski definition) is 3. The van der Waals surface area contributed by atoms with E-state index in [1.807, 2.05) is 67.4 Å². The van der Waals surface area contributed by atoms with E-state index < -0.39 is 0 Å². The second kappa shape index (κ2) is 8.91. The van der Waals surface area contributed by atoms with Crippen molar-refractivity contribution in [1.82, 2.24) is 10.2 Å². The van der Waals surface area contributed by atoms with Crippen molar-refractivity contribution < 1.29 is 14.3 Å². The third-order valence-electron chi connectivity index (χ3n) is 5.51. The van der Waals surface area contributed by atoms with Crippen LogP contribution < -0.4 is 10.1 Å². The molecule has 0 aromatic heterocycles. The molecule has 1 N–H and O–H groups in total. The van der Waals surface area contributed by atoms with Crippen molar-refractivity contribution in [3.05, 3.63) is 54.1 Å². The zero-order valence-corrected chi connectivity index (χ0v) is 16.8. The molecule has 1 fully saturated rings. The van der Waals surface area contributed by atoms with Crippen molar-refractivity contribution >= 4 is 11.8 Å². The molecule has 0 radical (unpaired) electrons. The zero-order chi connectivity index (χ0) is 20.1. The van der Waals surface area contributed by atoms with Crippen LogP contribution in [0.25, 0.3) is 11.1 Å². The summed E-state index contributed by atoms with van der Waals surface area (Å²) in [6, 6.07) is 15.9. The maximum atomic E-state index is 12.9. The summed E-state index contributed by atoms with van der Waals surface area (Å²) in [6.07, 6.45) is 3.15. The van der Waals surface area contributed by atoms with Gasteiger partial charge in [0, 0.05) is 31.1 Å². The van der Waals surface area contributed by atoms with Gasteiger partial charge >= 0.3 is 0 Å². The molecule has 0 bridgehead atoms. The first-order chi connectivity index (χ1) is 13.5. The molecular formula is C23H28N2O3. The molecule has 0 spiro atoms. The predicted molar refractivity (Wildman–Crippen MR) is 110 cm³/mol. The quantitative estimate of drug-likeness (QED) is 0.827. The summed E-state index contributed by atoms with van der Waals surface area (Å²) in [4.78, 5) is 26.3. The van der Waals surface area contributed by atoms with Crippen molar-refractivity contribution in [2.75, 3.05) is 14.2 Å². The minimum atomic E-state index is 0.0220. The average molecular weight is 380 g/mol. The SMILES string of the molecule is CCC(=O)NC1CCC(N(C)C(=O)c2ccc(-c3ccc(OC)cc3)cc2)C1. The van der Waals surface area contributed by atoms with Gasteiger partial charge in [-0.3, -0.25) is 9.59 Å². The molecule has 5 nitrogen and oxygen atoms in total. The molecule has 2 amide bonds. The smallest absolute Gasteiger partial charge is 0.253 e. The summed E-state index contributed by atoms with van der Waals surface area (Å²) in [7, 11) is 3.50. The lowest BCUT2D eigenvalue weighted by atomic mass is 10.0. The molecule has 0 heterocycles. The van der Waals surface area contributed by atoms with Crippen molar-refractivity contribution in [1.29, 1.82) is 0 Å². The van der Waals surface area contributed by atoms with Crippen LogP contribution in [-0.2, 0) is 4.79 Å². The van der Waals surface area contributed by atoms with Gasteiger partial charge in [-0.25, -0.2) is 0 Å². The number of benzene rings is 2. The number of hydrogen-bond donors (Lipinski definition) is 1. The Morgan fingerprint density at radius 3 is 2.21 bits per heavy atom. The van der Waals surface area contributed by atoms with Gasteiger partial charge in [-0.2, -0.15) is 0 Å². The maximum absolute atomic E-state index is 12.9. The molecule has 2 atom stereocenters. The molecule has 0 aliphatic heterocycles. The number of carbonyl (C=O) groups excluding carboxylic acids is 2. The van der Waals surface area contributed by atoms with Crippen LogP contribution in [0, 0.1) is 0 Å². The number of amides is 2. The van der Waals surface area contributed by atoms with E-state index in [0.717, 1.165) is 36.1 Å². The molecule has 148 valence electrons. The van der Waals surface area contributed by atoms with Crippen molar-refractivity contribution in [3.63, 3.8) is 0 Å². The summed E-state index contributed by atoms with van der Waals surface area (Å²) in [5, 5.41) is 3.04. The summed E-state index contributed by atoms with van der Waals surface area (Å²) in [6.45, 7) is 1.85. The van der Waals surface area contributed by atoms with Crippen molar-refractivity contribution in [2.45, 2.75) is 44.7 Å². The van der Waals surface area contributed by atoms with E-state index in [1.54, 1.807) is 7.11 Å². The lowest BCUT2D eigenvalue weighted by Gasteiger charge is -2.25. The van der Waals surface area contributed by atoms with Crippen LogP contribution in [0.15, 0.2) is 48.5 Å². The Balaban J connectivity index is 1.63. The van der Waals surface area contributed by atoms with Gasteiger partial charge in [-0.1, -0.05) is 31.2 Å². The first kappa shape index (κ1) is 19.9. The summed E-state index contributed by atoms with van der Waals surface area (Å²) >= 11 is 0. The van der Waals surface area contributed by atoms with Gasteiger partial charge in [0.05, 0.1) is 7.11 Å². The van der Waals surface area contributed by atoms with Gasteiger partial charge in [0.1, 0.15) is 5.75 Å². The standard InChI is InChI=1S/C23H28N2O3/c1-4-22(26)24-19-11-12-20(15-19)25(2)23(27)18-7-5-16(6-8-18)17-9-13-21(28-3)14-10-17/h5-10,13-14,19-20H,4,11-12,15H2,1-3H3,(H,24,26). The second-order valence-corrected chi connectivity index (χ2v) is 7.31. The Morgan fingerprint density at radius 1 is 1.04 bits per heavy atom. The Morgan fingerprint density at radius 2 is 1.64 bits per heavy atom. The molecular weight excluding hydrogens is 352 g/mol. The number of nitrogens with zero attached hydrogens (tertiary/aromatic N) is 1. The summed E-state index contributed by atoms with van der Waals surface area (Å²) < 4.78 is 5.19. The van der Waals surface area contributed by atoms with Gasteiger partial charge in [0.25, 0.3) is 5.91 Å². The number of carbonyl (C=O) groups is 2. The predicted octanol–water partition coefficient (Wildman–Crippen LogP) is 3.88. The van der Waals surface area contributed by atoms with Gasteiger partial charge < -0.3 is 15.0 Å². The van der Waals surface area contributed by atoms with Gasteiger partial charge in [-0.05, 0) is 54.7 Å². The molecule has 0 saturated heterocycles. The van der Waals surface area contributed by atoms with E-state index in [2.05, 4.69) is 5.32 Å². The highest BCUT2D eigenvalue weighted by atomic mass is 16.5. The highest BCUT2D eigenvalue weighted by Gasteiger charge is 2.30. The van der Waals surface area contributed by atoms with Crippen LogP contribution >= 0.6 is 0 Å². The molecule has 1 aliphatic carbocycles. The Bertz CT molecular complexity index is 815. The molecule has 28 heavy (non-hydrogen) atoms. The van der Waals surface area contributed by atoms with E-state index in [0.29, 0.717) is 12.0 Å². The van der Waals surface area contributed by atoms with Gasteiger partial charge in [0.15, 0.2) is 0 Å². The van der Waals surface area contributed by atoms with Crippen LogP contribution in [0.2, 0.25) is 0 Å². The topological polar surface area (TPSA) is 58.6 Å². The first-order valence-corrected chi connectivity index (χ1v) is 9.82. The largest absolute Gasteiger partial charge is 0.497 e. The first-order valence-electron chi connectivity index (χ1n) is 9.82. The van der Waals surface area contributed by atoms with Gasteiger partial charge in [0.2, 0.25) is 5.91 Å². The van der Waals surface area contributed by atoms with Gasteiger partial charge in [-0.15, -0.1) is 0 Å². The van der Waals surface area contributed by atoms with E-state index in [1.165, 1.54) is 0 Å². The Hall–Kier alpha value is -2.82. The lowest BCUT2D eigenvalue weighted by molar-refractivity contribution is -0.121. The number of nitrogens with one attached hydrogen (secondary N) is 1. The Labute approximate surface area is 166 Å². The fraction of sp³-hybridized carbons (Fsp3) is 0.391. The monoisotopic (exact) mass is 380 g/mol. The van der Waals surface area contributed by atoms with E-state index in [9.17, 15) is 9.59 Å². The molecule has 2 aromatic carbocycles. The van der Waals surface area contributed by atoms with Crippen LogP contribution in [0.4, 0.5) is 0 Å². The van der Waals surface area contributed by atoms with Crippen molar-refractivity contribution in [2.24, 2.45) is 0 Å². The lowest BCUT2D eigenvalue weighted by Crippen LogP contribution is -2.38. The molecule has 3 rings (SSSR count). The number of rotatable bonds is 6. The van der Waals surface area contributed by atoms with E-state index in [4.69, 9.17) is 4.74 Å². The minimum Gasteiger partial charge on any atom is -0.497 e. The highest BCUT2D eigenvalue weighted by molar-refractivity contribution is 5.94. The zero-order valence-electron chi connectivity index (χ0n) is 16.8. The Kier molecular flexibility index (Phi) is 6.34. The fourth-order valence-corrected chi connectivity index (χ4v) is 3.73. The molecule has 2 unspecified atom stereocenters. The van der Waals surface area contributed by atoms with Crippen molar-refractivity contribution in [3.8, 4) is 16.9 Å². The second-order valence-electron chi connectivity index (χ2n) is 7.31. The van der Waals surface area contributed by atoms with Crippen LogP contribution in [0.1, 0.15) is 43.0 Å². The molecule has 5 heteroatoms. The highest BCUT2D eigenvalue weighted by Crippen LogP contribution is 2.26.